The van der Waals surface area contributed by atoms with Crippen LogP contribution in [0, 0.1) is 0 Å². The van der Waals surface area contributed by atoms with Gasteiger partial charge in [0.05, 0.1) is 10.2 Å². The van der Waals surface area contributed by atoms with Gasteiger partial charge in [0.25, 0.3) is 0 Å². The van der Waals surface area contributed by atoms with Crippen molar-refractivity contribution in [3.05, 3.63) is 0 Å². The fourth-order valence-electron chi connectivity index (χ4n) is 0.550. The molecule has 0 aromatic heterocycles. The van der Waals surface area contributed by atoms with Crippen molar-refractivity contribution in [2.75, 3.05) is 20.8 Å². The van der Waals surface area contributed by atoms with E-state index < -0.39 is 0 Å². The molecule has 0 bridgehead atoms. The molecule has 0 aliphatic rings. The number of ether oxygens (including phenoxy) is 2. The molecule has 9 heavy (non-hydrogen) atoms. The van der Waals surface area contributed by atoms with Crippen molar-refractivity contribution >= 4 is 10.2 Å². The fourth-order valence-corrected chi connectivity index (χ4v) is 0.838. The van der Waals surface area contributed by atoms with Gasteiger partial charge >= 0.3 is 0 Å². The zero-order chi connectivity index (χ0) is 7.33. The standard InChI is InChI=1S/C5H15NO2Si/c1-7-5(9,8-2)3-4-6/h3-4,6H2,1-2,9H3. The van der Waals surface area contributed by atoms with Crippen LogP contribution in [0.2, 0.25) is 0 Å². The SMILES string of the molecule is COC([SiH3])(CCN)OC. The van der Waals surface area contributed by atoms with E-state index in [1.807, 2.05) is 0 Å². The largest absolute Gasteiger partial charge is 0.358 e. The molecule has 0 aromatic carbocycles. The van der Waals surface area contributed by atoms with E-state index in [1.165, 1.54) is 0 Å². The van der Waals surface area contributed by atoms with E-state index in [4.69, 9.17) is 15.2 Å². The van der Waals surface area contributed by atoms with Crippen LogP contribution >= 0.6 is 0 Å². The monoisotopic (exact) mass is 149 g/mol. The second-order valence-electron chi connectivity index (χ2n) is 2.08. The van der Waals surface area contributed by atoms with Gasteiger partial charge in [0.2, 0.25) is 0 Å². The second kappa shape index (κ2) is 4.00. The summed E-state index contributed by atoms with van der Waals surface area (Å²) in [7, 11) is 4.14. The molecule has 0 heterocycles. The Morgan fingerprint density at radius 3 is 2.00 bits per heavy atom. The van der Waals surface area contributed by atoms with Gasteiger partial charge in [0.1, 0.15) is 5.41 Å². The van der Waals surface area contributed by atoms with E-state index in [-0.39, 0.29) is 5.41 Å². The Morgan fingerprint density at radius 2 is 1.89 bits per heavy atom. The highest BCUT2D eigenvalue weighted by atomic mass is 28.1. The molecule has 0 amide bonds. The predicted octanol–water partition coefficient (Wildman–Crippen LogP) is -1.35. The maximum absolute atomic E-state index is 5.33. The molecule has 2 N–H and O–H groups in total. The number of rotatable bonds is 4. The Labute approximate surface area is 58.9 Å². The molecule has 0 unspecified atom stereocenters. The smallest absolute Gasteiger partial charge is 0.142 e. The van der Waals surface area contributed by atoms with Crippen molar-refractivity contribution in [2.45, 2.75) is 11.8 Å². The summed E-state index contributed by atoms with van der Waals surface area (Å²) < 4.78 is 10.2. The van der Waals surface area contributed by atoms with E-state index in [1.54, 1.807) is 14.2 Å². The van der Waals surface area contributed by atoms with Gasteiger partial charge in [0, 0.05) is 20.6 Å². The number of nitrogens with two attached hydrogens (primary N) is 1. The van der Waals surface area contributed by atoms with Crippen molar-refractivity contribution in [1.82, 2.24) is 0 Å². The molecule has 0 aliphatic heterocycles. The van der Waals surface area contributed by atoms with Gasteiger partial charge in [-0.1, -0.05) is 0 Å². The first kappa shape index (κ1) is 9.10. The first-order chi connectivity index (χ1) is 4.18. The van der Waals surface area contributed by atoms with E-state index in [2.05, 4.69) is 0 Å². The molecule has 0 radical (unpaired) electrons. The molecular weight excluding hydrogens is 134 g/mol. The Bertz CT molecular complexity index is 75.4. The summed E-state index contributed by atoms with van der Waals surface area (Å²) >= 11 is 0. The lowest BCUT2D eigenvalue weighted by molar-refractivity contribution is -0.144. The number of methoxy groups -OCH3 is 2. The van der Waals surface area contributed by atoms with Crippen LogP contribution in [-0.4, -0.2) is 36.4 Å². The maximum Gasteiger partial charge on any atom is 0.142 e. The molecule has 0 aliphatic carbocycles. The van der Waals surface area contributed by atoms with E-state index in [0.29, 0.717) is 6.54 Å². The summed E-state index contributed by atoms with van der Waals surface area (Å²) in [6, 6.07) is 0. The summed E-state index contributed by atoms with van der Waals surface area (Å²) in [4.78, 5) is 0. The zero-order valence-electron chi connectivity index (χ0n) is 6.31. The summed E-state index contributed by atoms with van der Waals surface area (Å²) in [5.74, 6) is 0. The summed E-state index contributed by atoms with van der Waals surface area (Å²) in [6.45, 7) is 0.616. The van der Waals surface area contributed by atoms with Gasteiger partial charge in [-0.05, 0) is 6.54 Å². The highest BCUT2D eigenvalue weighted by molar-refractivity contribution is 6.13. The average Bonchev–Trinajstić information content (AvgIpc) is 1.89. The Hall–Kier alpha value is 0.0969. The molecule has 0 rings (SSSR count). The Balaban J connectivity index is 3.62. The molecule has 0 saturated carbocycles. The zero-order valence-corrected chi connectivity index (χ0v) is 8.31. The van der Waals surface area contributed by atoms with Crippen LogP contribution in [0.1, 0.15) is 6.42 Å². The topological polar surface area (TPSA) is 44.5 Å². The van der Waals surface area contributed by atoms with E-state index >= 15 is 0 Å². The van der Waals surface area contributed by atoms with Crippen LogP contribution in [0.25, 0.3) is 0 Å². The van der Waals surface area contributed by atoms with Crippen molar-refractivity contribution in [3.63, 3.8) is 0 Å². The number of hydrogen-bond donors (Lipinski definition) is 1. The predicted molar refractivity (Wildman–Crippen MR) is 40.4 cm³/mol. The van der Waals surface area contributed by atoms with Gasteiger partial charge in [-0.3, -0.25) is 0 Å². The summed E-state index contributed by atoms with van der Waals surface area (Å²) in [5.41, 5.74) is 4.98. The van der Waals surface area contributed by atoms with Crippen molar-refractivity contribution in [2.24, 2.45) is 5.73 Å². The van der Waals surface area contributed by atoms with Gasteiger partial charge in [-0.15, -0.1) is 0 Å². The molecule has 0 aromatic rings. The minimum atomic E-state index is -0.352. The van der Waals surface area contributed by atoms with Crippen molar-refractivity contribution in [1.29, 1.82) is 0 Å². The van der Waals surface area contributed by atoms with Gasteiger partial charge in [0.15, 0.2) is 0 Å². The van der Waals surface area contributed by atoms with Crippen LogP contribution in [-0.2, 0) is 9.47 Å². The fraction of sp³-hybridized carbons (Fsp3) is 1.00. The Morgan fingerprint density at radius 1 is 1.44 bits per heavy atom. The molecule has 0 fully saturated rings. The van der Waals surface area contributed by atoms with Gasteiger partial charge < -0.3 is 15.2 Å². The van der Waals surface area contributed by atoms with E-state index in [0.717, 1.165) is 16.7 Å². The lowest BCUT2D eigenvalue weighted by atomic mass is 10.4. The normalized spacial score (nSPS) is 12.3. The first-order valence-corrected chi connectivity index (χ1v) is 3.99. The molecule has 0 atom stereocenters. The highest BCUT2D eigenvalue weighted by Gasteiger charge is 2.19. The summed E-state index contributed by atoms with van der Waals surface area (Å²) in [6.07, 6.45) is 0.784. The van der Waals surface area contributed by atoms with Gasteiger partial charge in [-0.2, -0.15) is 0 Å². The minimum absolute atomic E-state index is 0.352. The molecule has 0 saturated heterocycles. The quantitative estimate of drug-likeness (QED) is 0.397. The maximum atomic E-state index is 5.33. The van der Waals surface area contributed by atoms with Crippen LogP contribution < -0.4 is 5.73 Å². The van der Waals surface area contributed by atoms with E-state index in [9.17, 15) is 0 Å². The third-order valence-corrected chi connectivity index (χ3v) is 2.78. The molecule has 3 nitrogen and oxygen atoms in total. The number of hydrogen-bond acceptors (Lipinski definition) is 3. The molecule has 56 valence electrons. The second-order valence-corrected chi connectivity index (χ2v) is 3.60. The van der Waals surface area contributed by atoms with Crippen LogP contribution in [0.15, 0.2) is 0 Å². The highest BCUT2D eigenvalue weighted by Crippen LogP contribution is 2.08. The van der Waals surface area contributed by atoms with Crippen molar-refractivity contribution in [3.8, 4) is 0 Å². The molecule has 0 spiro atoms. The van der Waals surface area contributed by atoms with Crippen LogP contribution in [0.4, 0.5) is 0 Å². The van der Waals surface area contributed by atoms with Gasteiger partial charge in [-0.25, -0.2) is 0 Å². The molecular formula is C5H15NO2Si. The lowest BCUT2D eigenvalue weighted by Gasteiger charge is -2.25. The average molecular weight is 149 g/mol. The first-order valence-electron chi connectivity index (χ1n) is 2.99. The van der Waals surface area contributed by atoms with Crippen LogP contribution in [0.5, 0.6) is 0 Å². The van der Waals surface area contributed by atoms with Crippen LogP contribution in [0.3, 0.4) is 0 Å². The third kappa shape index (κ3) is 2.95. The van der Waals surface area contributed by atoms with Crippen molar-refractivity contribution < 1.29 is 9.47 Å². The Kier molecular flexibility index (Phi) is 4.04. The molecule has 4 heteroatoms. The summed E-state index contributed by atoms with van der Waals surface area (Å²) in [5, 5.41) is 0. The minimum Gasteiger partial charge on any atom is -0.358 e. The lowest BCUT2D eigenvalue weighted by Crippen LogP contribution is -2.36. The third-order valence-electron chi connectivity index (χ3n) is 1.46.